The molecule has 1 amide bonds. The van der Waals surface area contributed by atoms with Crippen molar-refractivity contribution in [3.05, 3.63) is 46.5 Å². The highest BCUT2D eigenvalue weighted by atomic mass is 32.1. The van der Waals surface area contributed by atoms with Crippen molar-refractivity contribution >= 4 is 17.2 Å². The molecule has 2 aromatic heterocycles. The SMILES string of the molecule is CN(C)C(CNC(=O)CCc1ccsc1)c1ccco1. The van der Waals surface area contributed by atoms with Gasteiger partial charge in [-0.3, -0.25) is 9.69 Å². The first-order valence-electron chi connectivity index (χ1n) is 6.64. The summed E-state index contributed by atoms with van der Waals surface area (Å²) >= 11 is 1.66. The van der Waals surface area contributed by atoms with Crippen molar-refractivity contribution in [2.45, 2.75) is 18.9 Å². The normalized spacial score (nSPS) is 12.6. The minimum absolute atomic E-state index is 0.0649. The molecule has 0 bridgehead atoms. The lowest BCUT2D eigenvalue weighted by molar-refractivity contribution is -0.121. The van der Waals surface area contributed by atoms with E-state index in [0.29, 0.717) is 13.0 Å². The Morgan fingerprint density at radius 1 is 1.45 bits per heavy atom. The molecule has 0 aliphatic rings. The Kier molecular flexibility index (Phi) is 5.38. The first-order chi connectivity index (χ1) is 9.66. The molecule has 20 heavy (non-hydrogen) atoms. The van der Waals surface area contributed by atoms with Crippen molar-refractivity contribution < 1.29 is 9.21 Å². The summed E-state index contributed by atoms with van der Waals surface area (Å²) < 4.78 is 5.42. The Morgan fingerprint density at radius 3 is 2.90 bits per heavy atom. The summed E-state index contributed by atoms with van der Waals surface area (Å²) in [5, 5.41) is 7.09. The van der Waals surface area contributed by atoms with E-state index in [4.69, 9.17) is 4.42 Å². The average molecular weight is 292 g/mol. The quantitative estimate of drug-likeness (QED) is 0.853. The Hall–Kier alpha value is -1.59. The summed E-state index contributed by atoms with van der Waals surface area (Å²) in [6.07, 6.45) is 2.97. The molecule has 0 aliphatic carbocycles. The highest BCUT2D eigenvalue weighted by Crippen LogP contribution is 2.17. The molecule has 0 spiro atoms. The lowest BCUT2D eigenvalue weighted by Gasteiger charge is -2.22. The van der Waals surface area contributed by atoms with Crippen LogP contribution in [0.25, 0.3) is 0 Å². The highest BCUT2D eigenvalue weighted by Gasteiger charge is 2.17. The number of amides is 1. The molecule has 1 unspecified atom stereocenters. The second kappa shape index (κ2) is 7.26. The lowest BCUT2D eigenvalue weighted by Crippen LogP contribution is -2.34. The van der Waals surface area contributed by atoms with Gasteiger partial charge in [-0.05, 0) is 55.0 Å². The summed E-state index contributed by atoms with van der Waals surface area (Å²) in [5.74, 6) is 0.947. The third kappa shape index (κ3) is 4.21. The zero-order valence-corrected chi connectivity index (χ0v) is 12.7. The summed E-state index contributed by atoms with van der Waals surface area (Å²) in [5.41, 5.74) is 1.22. The molecule has 0 aromatic carbocycles. The third-order valence-electron chi connectivity index (χ3n) is 3.21. The smallest absolute Gasteiger partial charge is 0.220 e. The fourth-order valence-electron chi connectivity index (χ4n) is 2.01. The van der Waals surface area contributed by atoms with Gasteiger partial charge in [-0.25, -0.2) is 0 Å². The fourth-order valence-corrected chi connectivity index (χ4v) is 2.71. The van der Waals surface area contributed by atoms with E-state index in [1.807, 2.05) is 36.5 Å². The number of hydrogen-bond donors (Lipinski definition) is 1. The van der Waals surface area contributed by atoms with Gasteiger partial charge in [0.25, 0.3) is 0 Å². The van der Waals surface area contributed by atoms with E-state index >= 15 is 0 Å². The van der Waals surface area contributed by atoms with Crippen LogP contribution in [-0.2, 0) is 11.2 Å². The van der Waals surface area contributed by atoms with E-state index in [-0.39, 0.29) is 11.9 Å². The van der Waals surface area contributed by atoms with E-state index in [9.17, 15) is 4.79 Å². The van der Waals surface area contributed by atoms with Crippen molar-refractivity contribution in [1.82, 2.24) is 10.2 Å². The topological polar surface area (TPSA) is 45.5 Å². The van der Waals surface area contributed by atoms with Gasteiger partial charge in [0.05, 0.1) is 12.3 Å². The standard InChI is InChI=1S/C15H20N2O2S/c1-17(2)13(14-4-3-8-19-14)10-16-15(18)6-5-12-7-9-20-11-12/h3-4,7-9,11,13H,5-6,10H2,1-2H3,(H,16,18). The van der Waals surface area contributed by atoms with Crippen molar-refractivity contribution in [2.24, 2.45) is 0 Å². The van der Waals surface area contributed by atoms with Crippen LogP contribution in [0.15, 0.2) is 39.6 Å². The van der Waals surface area contributed by atoms with Crippen LogP contribution in [0.1, 0.15) is 23.8 Å². The molecule has 0 radical (unpaired) electrons. The van der Waals surface area contributed by atoms with E-state index in [1.165, 1.54) is 5.56 Å². The van der Waals surface area contributed by atoms with Crippen LogP contribution in [0.4, 0.5) is 0 Å². The van der Waals surface area contributed by atoms with Crippen LogP contribution < -0.4 is 5.32 Å². The molecule has 0 saturated carbocycles. The van der Waals surface area contributed by atoms with Crippen molar-refractivity contribution in [2.75, 3.05) is 20.6 Å². The number of carbonyl (C=O) groups excluding carboxylic acids is 1. The largest absolute Gasteiger partial charge is 0.468 e. The van der Waals surface area contributed by atoms with E-state index in [1.54, 1.807) is 17.6 Å². The summed E-state index contributed by atoms with van der Waals surface area (Å²) in [6.45, 7) is 0.559. The number of thiophene rings is 1. The Bertz CT molecular complexity index is 506. The number of nitrogens with one attached hydrogen (secondary N) is 1. The molecule has 5 heteroatoms. The predicted molar refractivity (Wildman–Crippen MR) is 80.8 cm³/mol. The van der Waals surface area contributed by atoms with Crippen LogP contribution in [0.2, 0.25) is 0 Å². The molecule has 2 heterocycles. The summed E-state index contributed by atoms with van der Waals surface area (Å²) in [4.78, 5) is 13.9. The van der Waals surface area contributed by atoms with Gasteiger partial charge < -0.3 is 9.73 Å². The predicted octanol–water partition coefficient (Wildman–Crippen LogP) is 2.69. The molecular formula is C15H20N2O2S. The molecule has 0 aliphatic heterocycles. The van der Waals surface area contributed by atoms with Gasteiger partial charge in [0.2, 0.25) is 5.91 Å². The third-order valence-corrected chi connectivity index (χ3v) is 3.94. The van der Waals surface area contributed by atoms with Gasteiger partial charge in [0.1, 0.15) is 5.76 Å². The number of aryl methyl sites for hydroxylation is 1. The van der Waals surface area contributed by atoms with Crippen molar-refractivity contribution in [3.8, 4) is 0 Å². The minimum Gasteiger partial charge on any atom is -0.468 e. The molecule has 2 rings (SSSR count). The maximum atomic E-state index is 11.9. The number of furan rings is 1. The van der Waals surface area contributed by atoms with E-state index in [0.717, 1.165) is 12.2 Å². The lowest BCUT2D eigenvalue weighted by atomic mass is 10.1. The van der Waals surface area contributed by atoms with E-state index < -0.39 is 0 Å². The molecule has 1 atom stereocenters. The van der Waals surface area contributed by atoms with Gasteiger partial charge in [-0.2, -0.15) is 11.3 Å². The van der Waals surface area contributed by atoms with Gasteiger partial charge >= 0.3 is 0 Å². The number of nitrogens with zero attached hydrogens (tertiary/aromatic N) is 1. The molecule has 1 N–H and O–H groups in total. The molecular weight excluding hydrogens is 272 g/mol. The zero-order valence-electron chi connectivity index (χ0n) is 11.8. The Balaban J connectivity index is 1.79. The Labute approximate surface area is 123 Å². The van der Waals surface area contributed by atoms with E-state index in [2.05, 4.69) is 16.8 Å². The van der Waals surface area contributed by atoms with Gasteiger partial charge in [-0.1, -0.05) is 0 Å². The zero-order chi connectivity index (χ0) is 14.4. The Morgan fingerprint density at radius 2 is 2.30 bits per heavy atom. The molecule has 0 saturated heterocycles. The number of rotatable bonds is 7. The minimum atomic E-state index is 0.0649. The first kappa shape index (κ1) is 14.8. The fraction of sp³-hybridized carbons (Fsp3) is 0.400. The number of hydrogen-bond acceptors (Lipinski definition) is 4. The van der Waals surface area contributed by atoms with Crippen LogP contribution in [0.3, 0.4) is 0 Å². The summed E-state index contributed by atoms with van der Waals surface area (Å²) in [7, 11) is 3.95. The average Bonchev–Trinajstić information content (AvgIpc) is 3.09. The monoisotopic (exact) mass is 292 g/mol. The molecule has 0 fully saturated rings. The summed E-state index contributed by atoms with van der Waals surface area (Å²) in [6, 6.07) is 5.92. The molecule has 4 nitrogen and oxygen atoms in total. The van der Waals surface area contributed by atoms with Crippen molar-refractivity contribution in [3.63, 3.8) is 0 Å². The second-order valence-electron chi connectivity index (χ2n) is 4.93. The van der Waals surface area contributed by atoms with Crippen LogP contribution in [-0.4, -0.2) is 31.4 Å². The second-order valence-corrected chi connectivity index (χ2v) is 5.71. The van der Waals surface area contributed by atoms with Gasteiger partial charge in [0.15, 0.2) is 0 Å². The van der Waals surface area contributed by atoms with Crippen LogP contribution in [0, 0.1) is 0 Å². The van der Waals surface area contributed by atoms with Crippen LogP contribution in [0.5, 0.6) is 0 Å². The van der Waals surface area contributed by atoms with Crippen molar-refractivity contribution in [1.29, 1.82) is 0 Å². The first-order valence-corrected chi connectivity index (χ1v) is 7.58. The maximum Gasteiger partial charge on any atom is 0.220 e. The molecule has 2 aromatic rings. The maximum absolute atomic E-state index is 11.9. The molecule has 108 valence electrons. The van der Waals surface area contributed by atoms with Gasteiger partial charge in [0, 0.05) is 13.0 Å². The number of likely N-dealkylation sites (N-methyl/N-ethyl adjacent to an activating group) is 1. The van der Waals surface area contributed by atoms with Gasteiger partial charge in [-0.15, -0.1) is 0 Å². The van der Waals surface area contributed by atoms with Crippen LogP contribution >= 0.6 is 11.3 Å². The number of carbonyl (C=O) groups is 1. The highest BCUT2D eigenvalue weighted by molar-refractivity contribution is 7.07.